The van der Waals surface area contributed by atoms with Crippen molar-refractivity contribution in [1.82, 2.24) is 9.78 Å². The highest BCUT2D eigenvalue weighted by atomic mass is 35.5. The molecule has 0 spiro atoms. The van der Waals surface area contributed by atoms with Crippen LogP contribution in [0, 0.1) is 10.1 Å². The Balaban J connectivity index is 2.26. The Morgan fingerprint density at radius 1 is 1.25 bits per heavy atom. The molecule has 1 aromatic heterocycles. The smallest absolute Gasteiger partial charge is 0.258 e. The fourth-order valence-corrected chi connectivity index (χ4v) is 2.31. The molecule has 3 rings (SSSR count). The molecule has 0 aliphatic carbocycles. The molecular weight excluding hydrogens is 278 g/mol. The maximum atomic E-state index is 11.2. The van der Waals surface area contributed by atoms with Crippen LogP contribution >= 0.6 is 11.6 Å². The third-order valence-corrected chi connectivity index (χ3v) is 3.40. The van der Waals surface area contributed by atoms with Gasteiger partial charge in [-0.1, -0.05) is 24.3 Å². The third kappa shape index (κ3) is 2.02. The maximum Gasteiger partial charge on any atom is 0.295 e. The molecule has 0 fully saturated rings. The van der Waals surface area contributed by atoms with Crippen LogP contribution in [0.25, 0.3) is 16.6 Å². The lowest BCUT2D eigenvalue weighted by Gasteiger charge is -2.06. The molecule has 0 atom stereocenters. The Kier molecular flexibility index (Phi) is 3.12. The predicted octanol–water partition coefficient (Wildman–Crippen LogP) is 3.67. The lowest BCUT2D eigenvalue weighted by molar-refractivity contribution is -0.384. The Labute approximate surface area is 119 Å². The molecule has 0 aliphatic heterocycles. The molecule has 0 saturated heterocycles. The van der Waals surface area contributed by atoms with Crippen LogP contribution in [0.3, 0.4) is 0 Å². The average Bonchev–Trinajstić information content (AvgIpc) is 2.90. The molecule has 0 saturated carbocycles. The number of nitro benzene ring substituents is 1. The van der Waals surface area contributed by atoms with Crippen molar-refractivity contribution in [3.63, 3.8) is 0 Å². The van der Waals surface area contributed by atoms with Gasteiger partial charge in [0.25, 0.3) is 5.69 Å². The summed E-state index contributed by atoms with van der Waals surface area (Å²) in [7, 11) is 0. The number of benzene rings is 2. The van der Waals surface area contributed by atoms with Crippen molar-refractivity contribution in [1.29, 1.82) is 0 Å². The van der Waals surface area contributed by atoms with Gasteiger partial charge in [-0.25, -0.2) is 4.68 Å². The van der Waals surface area contributed by atoms with E-state index in [1.54, 1.807) is 23.0 Å². The second-order valence-corrected chi connectivity index (χ2v) is 4.60. The van der Waals surface area contributed by atoms with E-state index in [0.717, 1.165) is 10.9 Å². The second kappa shape index (κ2) is 4.94. The quantitative estimate of drug-likeness (QED) is 0.419. The summed E-state index contributed by atoms with van der Waals surface area (Å²) in [5.74, 6) is 0.237. The monoisotopic (exact) mass is 287 g/mol. The first-order valence-electron chi connectivity index (χ1n) is 5.97. The summed E-state index contributed by atoms with van der Waals surface area (Å²) >= 11 is 5.73. The van der Waals surface area contributed by atoms with Crippen molar-refractivity contribution in [2.45, 2.75) is 5.88 Å². The molecule has 20 heavy (non-hydrogen) atoms. The Morgan fingerprint density at radius 2 is 2.05 bits per heavy atom. The minimum atomic E-state index is -0.415. The van der Waals surface area contributed by atoms with Gasteiger partial charge in [0.1, 0.15) is 5.69 Å². The Hall–Kier alpha value is -2.40. The SMILES string of the molecule is O=[N+]([O-])c1cc(CCl)ccc1-n1ncc2ccccc21. The van der Waals surface area contributed by atoms with Crippen molar-refractivity contribution in [3.05, 3.63) is 64.3 Å². The highest BCUT2D eigenvalue weighted by molar-refractivity contribution is 6.17. The van der Waals surface area contributed by atoms with Gasteiger partial charge in [0.15, 0.2) is 0 Å². The molecule has 2 aromatic carbocycles. The first kappa shape index (κ1) is 12.6. The number of nitro groups is 1. The molecule has 5 nitrogen and oxygen atoms in total. The average molecular weight is 288 g/mol. The van der Waals surface area contributed by atoms with E-state index in [9.17, 15) is 10.1 Å². The maximum absolute atomic E-state index is 11.2. The minimum absolute atomic E-state index is 0.00277. The number of alkyl halides is 1. The standard InChI is InChI=1S/C14H10ClN3O2/c15-8-10-5-6-13(14(7-10)18(19)20)17-12-4-2-1-3-11(12)9-16-17/h1-7,9H,8H2. The number of rotatable bonds is 3. The van der Waals surface area contributed by atoms with E-state index in [1.165, 1.54) is 6.07 Å². The number of halogens is 1. The third-order valence-electron chi connectivity index (χ3n) is 3.10. The topological polar surface area (TPSA) is 61.0 Å². The zero-order valence-corrected chi connectivity index (χ0v) is 11.1. The lowest BCUT2D eigenvalue weighted by Crippen LogP contribution is -2.02. The van der Waals surface area contributed by atoms with Crippen LogP contribution in [0.15, 0.2) is 48.7 Å². The number of para-hydroxylation sites is 1. The fourth-order valence-electron chi connectivity index (χ4n) is 2.14. The second-order valence-electron chi connectivity index (χ2n) is 4.33. The van der Waals surface area contributed by atoms with E-state index < -0.39 is 4.92 Å². The first-order valence-corrected chi connectivity index (χ1v) is 6.50. The van der Waals surface area contributed by atoms with Gasteiger partial charge in [-0.2, -0.15) is 5.10 Å². The van der Waals surface area contributed by atoms with E-state index in [-0.39, 0.29) is 11.6 Å². The van der Waals surface area contributed by atoms with E-state index >= 15 is 0 Å². The minimum Gasteiger partial charge on any atom is -0.258 e. The summed E-state index contributed by atoms with van der Waals surface area (Å²) in [5.41, 5.74) is 1.97. The highest BCUT2D eigenvalue weighted by Crippen LogP contribution is 2.27. The van der Waals surface area contributed by atoms with Crippen LogP contribution in [0.1, 0.15) is 5.56 Å². The first-order chi connectivity index (χ1) is 9.70. The van der Waals surface area contributed by atoms with Gasteiger partial charge in [-0.3, -0.25) is 10.1 Å². The van der Waals surface area contributed by atoms with E-state index in [1.807, 2.05) is 24.3 Å². The van der Waals surface area contributed by atoms with Gasteiger partial charge in [-0.05, 0) is 17.7 Å². The predicted molar refractivity (Wildman–Crippen MR) is 77.3 cm³/mol. The van der Waals surface area contributed by atoms with Crippen molar-refractivity contribution in [3.8, 4) is 5.69 Å². The fraction of sp³-hybridized carbons (Fsp3) is 0.0714. The van der Waals surface area contributed by atoms with Crippen LogP contribution in [-0.4, -0.2) is 14.7 Å². The van der Waals surface area contributed by atoms with Crippen LogP contribution in [0.5, 0.6) is 0 Å². The molecule has 0 bridgehead atoms. The van der Waals surface area contributed by atoms with E-state index in [2.05, 4.69) is 5.10 Å². The lowest BCUT2D eigenvalue weighted by atomic mass is 10.2. The molecule has 100 valence electrons. The van der Waals surface area contributed by atoms with Gasteiger partial charge in [0.2, 0.25) is 0 Å². The zero-order valence-electron chi connectivity index (χ0n) is 10.4. The molecule has 6 heteroatoms. The van der Waals surface area contributed by atoms with Gasteiger partial charge in [0, 0.05) is 17.3 Å². The summed E-state index contributed by atoms with van der Waals surface area (Å²) in [6.45, 7) is 0. The molecule has 1 heterocycles. The number of fused-ring (bicyclic) bond motifs is 1. The van der Waals surface area contributed by atoms with Crippen molar-refractivity contribution < 1.29 is 4.92 Å². The van der Waals surface area contributed by atoms with Crippen LogP contribution in [0.4, 0.5) is 5.69 Å². The van der Waals surface area contributed by atoms with Crippen molar-refractivity contribution >= 4 is 28.2 Å². The van der Waals surface area contributed by atoms with Crippen LogP contribution < -0.4 is 0 Å². The molecular formula is C14H10ClN3O2. The van der Waals surface area contributed by atoms with Gasteiger partial charge >= 0.3 is 0 Å². The van der Waals surface area contributed by atoms with Gasteiger partial charge in [0.05, 0.1) is 16.6 Å². The molecule has 0 N–H and O–H groups in total. The number of hydrogen-bond acceptors (Lipinski definition) is 3. The van der Waals surface area contributed by atoms with Gasteiger partial charge < -0.3 is 0 Å². The molecule has 3 aromatic rings. The molecule has 0 unspecified atom stereocenters. The normalized spacial score (nSPS) is 10.8. The summed E-state index contributed by atoms with van der Waals surface area (Å²) in [5, 5.41) is 16.4. The van der Waals surface area contributed by atoms with Crippen LogP contribution in [-0.2, 0) is 5.88 Å². The molecule has 0 aliphatic rings. The molecule has 0 radical (unpaired) electrons. The Bertz CT molecular complexity index is 798. The highest BCUT2D eigenvalue weighted by Gasteiger charge is 2.18. The Morgan fingerprint density at radius 3 is 2.80 bits per heavy atom. The number of aromatic nitrogens is 2. The van der Waals surface area contributed by atoms with Crippen molar-refractivity contribution in [2.24, 2.45) is 0 Å². The number of hydrogen-bond donors (Lipinski definition) is 0. The summed E-state index contributed by atoms with van der Waals surface area (Å²) in [6.07, 6.45) is 1.69. The van der Waals surface area contributed by atoms with Crippen molar-refractivity contribution in [2.75, 3.05) is 0 Å². The number of nitrogens with zero attached hydrogens (tertiary/aromatic N) is 3. The zero-order chi connectivity index (χ0) is 14.1. The summed E-state index contributed by atoms with van der Waals surface area (Å²) < 4.78 is 1.57. The summed E-state index contributed by atoms with van der Waals surface area (Å²) in [6, 6.07) is 12.5. The molecule has 0 amide bonds. The van der Waals surface area contributed by atoms with Crippen LogP contribution in [0.2, 0.25) is 0 Å². The van der Waals surface area contributed by atoms with E-state index in [4.69, 9.17) is 11.6 Å². The largest absolute Gasteiger partial charge is 0.295 e. The summed E-state index contributed by atoms with van der Waals surface area (Å²) in [4.78, 5) is 10.8. The van der Waals surface area contributed by atoms with Gasteiger partial charge in [-0.15, -0.1) is 11.6 Å². The van der Waals surface area contributed by atoms with E-state index in [0.29, 0.717) is 11.3 Å².